The Bertz CT molecular complexity index is 384. The number of carbonyl (C=O) groups is 1. The smallest absolute Gasteiger partial charge is 0.251 e. The normalized spacial score (nSPS) is 46.7. The van der Waals surface area contributed by atoms with E-state index in [0.29, 0.717) is 24.3 Å². The lowest BCUT2D eigenvalue weighted by molar-refractivity contribution is -0.162. The van der Waals surface area contributed by atoms with Crippen molar-refractivity contribution in [2.45, 2.75) is 56.7 Å². The average Bonchev–Trinajstić information content (AvgIpc) is 2.44. The highest BCUT2D eigenvalue weighted by Gasteiger charge is 2.51. The fourth-order valence-corrected chi connectivity index (χ4v) is 5.26. The van der Waals surface area contributed by atoms with E-state index in [2.05, 4.69) is 9.80 Å². The van der Waals surface area contributed by atoms with Gasteiger partial charge in [0.1, 0.15) is 6.10 Å². The highest BCUT2D eigenvalue weighted by atomic mass is 16.3. The zero-order chi connectivity index (χ0) is 13.0. The van der Waals surface area contributed by atoms with Gasteiger partial charge < -0.3 is 10.0 Å². The number of fused-ring (bicyclic) bond motifs is 2. The van der Waals surface area contributed by atoms with Gasteiger partial charge in [-0.05, 0) is 63.5 Å². The molecule has 0 unspecified atom stereocenters. The quantitative estimate of drug-likeness (QED) is 0.705. The van der Waals surface area contributed by atoms with Crippen LogP contribution in [0.1, 0.15) is 38.5 Å². The van der Waals surface area contributed by atoms with Crippen molar-refractivity contribution >= 4 is 5.91 Å². The van der Waals surface area contributed by atoms with E-state index in [9.17, 15) is 9.90 Å². The fraction of sp³-hybridized carbons (Fsp3) is 0.933. The molecule has 19 heavy (non-hydrogen) atoms. The predicted molar refractivity (Wildman–Crippen MR) is 71.6 cm³/mol. The maximum absolute atomic E-state index is 12.3. The minimum absolute atomic E-state index is 0.0115. The third-order valence-electron chi connectivity index (χ3n) is 5.98. The van der Waals surface area contributed by atoms with Crippen molar-refractivity contribution in [2.75, 3.05) is 19.6 Å². The van der Waals surface area contributed by atoms with Gasteiger partial charge in [-0.3, -0.25) is 9.69 Å². The molecule has 0 saturated carbocycles. The standard InChI is InChI=1S/C15H24N2O2/c18-13-6-5-12-11-4-2-8-16-7-1-3-10(14(11)16)9-17(12)15(13)19/h10-14,18H,1-9H2/t10-,11+,12+,13-,14-/m0/s1. The van der Waals surface area contributed by atoms with Crippen molar-refractivity contribution in [3.8, 4) is 0 Å². The lowest BCUT2D eigenvalue weighted by atomic mass is 9.68. The van der Waals surface area contributed by atoms with E-state index in [1.54, 1.807) is 0 Å². The Morgan fingerprint density at radius 1 is 1.05 bits per heavy atom. The monoisotopic (exact) mass is 264 g/mol. The van der Waals surface area contributed by atoms with Gasteiger partial charge in [-0.1, -0.05) is 0 Å². The Morgan fingerprint density at radius 3 is 2.68 bits per heavy atom. The molecule has 1 amide bonds. The lowest BCUT2D eigenvalue weighted by Gasteiger charge is -2.58. The van der Waals surface area contributed by atoms with Crippen LogP contribution in [0.4, 0.5) is 0 Å². The number of aliphatic hydroxyl groups excluding tert-OH is 1. The van der Waals surface area contributed by atoms with Crippen LogP contribution in [-0.2, 0) is 4.79 Å². The summed E-state index contributed by atoms with van der Waals surface area (Å²) in [7, 11) is 0. The number of amides is 1. The summed E-state index contributed by atoms with van der Waals surface area (Å²) in [4.78, 5) is 17.0. The van der Waals surface area contributed by atoms with Gasteiger partial charge in [-0.25, -0.2) is 0 Å². The summed E-state index contributed by atoms with van der Waals surface area (Å²) in [5.74, 6) is 1.34. The molecule has 4 heterocycles. The minimum Gasteiger partial charge on any atom is -0.383 e. The molecule has 0 radical (unpaired) electrons. The zero-order valence-corrected chi connectivity index (χ0v) is 11.5. The lowest BCUT2D eigenvalue weighted by Crippen LogP contribution is -2.67. The third kappa shape index (κ3) is 1.76. The zero-order valence-electron chi connectivity index (χ0n) is 11.5. The minimum atomic E-state index is -0.726. The molecule has 0 aromatic heterocycles. The Labute approximate surface area is 114 Å². The molecule has 5 atom stereocenters. The van der Waals surface area contributed by atoms with Crippen molar-refractivity contribution in [1.29, 1.82) is 0 Å². The number of piperidine rings is 4. The van der Waals surface area contributed by atoms with Crippen LogP contribution >= 0.6 is 0 Å². The largest absolute Gasteiger partial charge is 0.383 e. The summed E-state index contributed by atoms with van der Waals surface area (Å²) in [6.07, 6.45) is 6.07. The summed E-state index contributed by atoms with van der Waals surface area (Å²) < 4.78 is 0. The van der Waals surface area contributed by atoms with E-state index in [0.717, 1.165) is 19.0 Å². The van der Waals surface area contributed by atoms with Gasteiger partial charge in [-0.15, -0.1) is 0 Å². The fourth-order valence-electron chi connectivity index (χ4n) is 5.26. The van der Waals surface area contributed by atoms with Crippen LogP contribution in [0.2, 0.25) is 0 Å². The molecule has 4 rings (SSSR count). The SMILES string of the molecule is O=C1[C@@H](O)CC[C@@H]2[C@H]3CCCN4CCC[C@@H](CN12)[C@@H]34. The van der Waals surface area contributed by atoms with E-state index in [1.807, 2.05) is 0 Å². The number of nitrogens with zero attached hydrogens (tertiary/aromatic N) is 2. The van der Waals surface area contributed by atoms with Crippen LogP contribution in [0.5, 0.6) is 0 Å². The molecule has 4 aliphatic rings. The average molecular weight is 264 g/mol. The number of hydrogen-bond donors (Lipinski definition) is 1. The van der Waals surface area contributed by atoms with Crippen LogP contribution in [0.15, 0.2) is 0 Å². The van der Waals surface area contributed by atoms with Gasteiger partial charge in [0.05, 0.1) is 0 Å². The molecule has 106 valence electrons. The first-order chi connectivity index (χ1) is 9.25. The van der Waals surface area contributed by atoms with Crippen LogP contribution in [0.3, 0.4) is 0 Å². The molecule has 0 aromatic rings. The number of carbonyl (C=O) groups excluding carboxylic acids is 1. The van der Waals surface area contributed by atoms with Crippen LogP contribution < -0.4 is 0 Å². The molecular weight excluding hydrogens is 240 g/mol. The molecular formula is C15H24N2O2. The highest BCUT2D eigenvalue weighted by Crippen LogP contribution is 2.44. The van der Waals surface area contributed by atoms with Crippen LogP contribution in [0.25, 0.3) is 0 Å². The molecule has 4 fully saturated rings. The molecule has 0 spiro atoms. The summed E-state index contributed by atoms with van der Waals surface area (Å²) in [5, 5.41) is 9.84. The van der Waals surface area contributed by atoms with Crippen molar-refractivity contribution in [3.05, 3.63) is 0 Å². The van der Waals surface area contributed by atoms with Crippen molar-refractivity contribution in [1.82, 2.24) is 9.80 Å². The Hall–Kier alpha value is -0.610. The second-order valence-corrected chi connectivity index (χ2v) is 6.89. The topological polar surface area (TPSA) is 43.8 Å². The Balaban J connectivity index is 1.65. The Kier molecular flexibility index (Phi) is 2.85. The molecule has 4 aliphatic heterocycles. The molecule has 4 heteroatoms. The van der Waals surface area contributed by atoms with Gasteiger partial charge in [0.15, 0.2) is 0 Å². The van der Waals surface area contributed by atoms with Gasteiger partial charge in [0.2, 0.25) is 0 Å². The summed E-state index contributed by atoms with van der Waals surface area (Å²) in [6, 6.07) is 1.14. The highest BCUT2D eigenvalue weighted by molar-refractivity contribution is 5.82. The van der Waals surface area contributed by atoms with E-state index >= 15 is 0 Å². The van der Waals surface area contributed by atoms with Crippen molar-refractivity contribution < 1.29 is 9.90 Å². The molecule has 4 saturated heterocycles. The maximum atomic E-state index is 12.3. The third-order valence-corrected chi connectivity index (χ3v) is 5.98. The maximum Gasteiger partial charge on any atom is 0.251 e. The first kappa shape index (κ1) is 12.2. The summed E-state index contributed by atoms with van der Waals surface area (Å²) in [6.45, 7) is 3.43. The number of hydrogen-bond acceptors (Lipinski definition) is 3. The van der Waals surface area contributed by atoms with E-state index in [4.69, 9.17) is 0 Å². The van der Waals surface area contributed by atoms with E-state index in [-0.39, 0.29) is 5.91 Å². The van der Waals surface area contributed by atoms with Gasteiger partial charge in [0, 0.05) is 18.6 Å². The Morgan fingerprint density at radius 2 is 1.84 bits per heavy atom. The molecule has 0 aromatic carbocycles. The second kappa shape index (κ2) is 4.45. The molecule has 1 N–H and O–H groups in total. The number of aliphatic hydroxyl groups is 1. The second-order valence-electron chi connectivity index (χ2n) is 6.89. The van der Waals surface area contributed by atoms with E-state index < -0.39 is 6.10 Å². The van der Waals surface area contributed by atoms with E-state index in [1.165, 1.54) is 38.8 Å². The van der Waals surface area contributed by atoms with Gasteiger partial charge >= 0.3 is 0 Å². The summed E-state index contributed by atoms with van der Waals surface area (Å²) >= 11 is 0. The molecule has 0 bridgehead atoms. The van der Waals surface area contributed by atoms with Gasteiger partial charge in [-0.2, -0.15) is 0 Å². The van der Waals surface area contributed by atoms with Crippen molar-refractivity contribution in [3.63, 3.8) is 0 Å². The molecule has 0 aliphatic carbocycles. The first-order valence-corrected chi connectivity index (χ1v) is 7.98. The number of rotatable bonds is 0. The van der Waals surface area contributed by atoms with Crippen LogP contribution in [-0.4, -0.2) is 58.6 Å². The van der Waals surface area contributed by atoms with Crippen LogP contribution in [0, 0.1) is 11.8 Å². The molecule has 4 nitrogen and oxygen atoms in total. The van der Waals surface area contributed by atoms with Crippen molar-refractivity contribution in [2.24, 2.45) is 11.8 Å². The summed E-state index contributed by atoms with van der Waals surface area (Å²) in [5.41, 5.74) is 0. The first-order valence-electron chi connectivity index (χ1n) is 7.98. The van der Waals surface area contributed by atoms with Gasteiger partial charge in [0.25, 0.3) is 5.91 Å². The predicted octanol–water partition coefficient (Wildman–Crippen LogP) is 0.842.